The largest absolute Gasteiger partial charge is 0.394 e. The lowest BCUT2D eigenvalue weighted by atomic mass is 9.95. The van der Waals surface area contributed by atoms with Gasteiger partial charge in [-0.25, -0.2) is 0 Å². The third-order valence-electron chi connectivity index (χ3n) is 3.57. The Morgan fingerprint density at radius 1 is 1.35 bits per heavy atom. The van der Waals surface area contributed by atoms with Crippen molar-refractivity contribution in [3.05, 3.63) is 10.4 Å². The SMILES string of the molecule is CO[C@H]1CC[C@@H](N=[N+]=[N-])[C@H]([C@@H]2OC(C)(C)O[C@H]2CO)O1. The van der Waals surface area contributed by atoms with Gasteiger partial charge in [-0.05, 0) is 32.2 Å². The van der Waals surface area contributed by atoms with Crippen LogP contribution in [0.15, 0.2) is 5.11 Å². The summed E-state index contributed by atoms with van der Waals surface area (Å²) >= 11 is 0. The van der Waals surface area contributed by atoms with Gasteiger partial charge in [-0.3, -0.25) is 0 Å². The van der Waals surface area contributed by atoms with Crippen LogP contribution in [0.2, 0.25) is 0 Å². The van der Waals surface area contributed by atoms with E-state index in [4.69, 9.17) is 24.5 Å². The molecule has 0 aliphatic carbocycles. The maximum Gasteiger partial charge on any atom is 0.164 e. The Kier molecular flexibility index (Phi) is 4.85. The number of ether oxygens (including phenoxy) is 4. The number of aliphatic hydroxyl groups excluding tert-OH is 1. The van der Waals surface area contributed by atoms with Gasteiger partial charge in [0.15, 0.2) is 12.1 Å². The van der Waals surface area contributed by atoms with E-state index in [9.17, 15) is 5.11 Å². The van der Waals surface area contributed by atoms with Gasteiger partial charge in [0.1, 0.15) is 12.2 Å². The van der Waals surface area contributed by atoms with Crippen LogP contribution in [0.25, 0.3) is 10.4 Å². The van der Waals surface area contributed by atoms with Crippen molar-refractivity contribution in [2.24, 2.45) is 5.11 Å². The van der Waals surface area contributed by atoms with Crippen LogP contribution < -0.4 is 0 Å². The zero-order chi connectivity index (χ0) is 14.8. The molecule has 8 heteroatoms. The molecule has 0 saturated carbocycles. The molecule has 0 radical (unpaired) electrons. The Labute approximate surface area is 117 Å². The van der Waals surface area contributed by atoms with E-state index in [1.807, 2.05) is 0 Å². The summed E-state index contributed by atoms with van der Waals surface area (Å²) in [6.07, 6.45) is -0.575. The van der Waals surface area contributed by atoms with Crippen molar-refractivity contribution in [3.8, 4) is 0 Å². The molecule has 1 N–H and O–H groups in total. The fourth-order valence-electron chi connectivity index (χ4n) is 2.75. The molecule has 0 spiro atoms. The first-order valence-electron chi connectivity index (χ1n) is 6.69. The fourth-order valence-corrected chi connectivity index (χ4v) is 2.75. The van der Waals surface area contributed by atoms with Crippen molar-refractivity contribution in [3.63, 3.8) is 0 Å². The van der Waals surface area contributed by atoms with Crippen molar-refractivity contribution in [2.75, 3.05) is 13.7 Å². The van der Waals surface area contributed by atoms with E-state index in [-0.39, 0.29) is 18.9 Å². The van der Waals surface area contributed by atoms with E-state index in [0.29, 0.717) is 12.8 Å². The second-order valence-corrected chi connectivity index (χ2v) is 5.44. The molecular formula is C12H21N3O5. The minimum Gasteiger partial charge on any atom is -0.394 e. The van der Waals surface area contributed by atoms with Crippen molar-refractivity contribution in [1.29, 1.82) is 0 Å². The number of azide groups is 1. The molecule has 0 amide bonds. The second-order valence-electron chi connectivity index (χ2n) is 5.44. The number of nitrogens with zero attached hydrogens (tertiary/aromatic N) is 3. The molecule has 0 aromatic carbocycles. The summed E-state index contributed by atoms with van der Waals surface area (Å²) in [4.78, 5) is 2.86. The average molecular weight is 287 g/mol. The molecule has 2 rings (SSSR count). The summed E-state index contributed by atoms with van der Waals surface area (Å²) in [5, 5.41) is 13.2. The van der Waals surface area contributed by atoms with Crippen LogP contribution in [0.5, 0.6) is 0 Å². The summed E-state index contributed by atoms with van der Waals surface area (Å²) in [5.74, 6) is -0.803. The van der Waals surface area contributed by atoms with E-state index in [0.717, 1.165) is 0 Å². The Morgan fingerprint density at radius 3 is 2.70 bits per heavy atom. The molecule has 114 valence electrons. The lowest BCUT2D eigenvalue weighted by Gasteiger charge is -2.37. The molecule has 5 atom stereocenters. The molecule has 0 aromatic rings. The lowest BCUT2D eigenvalue weighted by molar-refractivity contribution is -0.223. The smallest absolute Gasteiger partial charge is 0.164 e. The molecule has 2 saturated heterocycles. The number of methoxy groups -OCH3 is 1. The van der Waals surface area contributed by atoms with Crippen molar-refractivity contribution in [2.45, 2.75) is 63.1 Å². The molecule has 2 fully saturated rings. The predicted molar refractivity (Wildman–Crippen MR) is 68.7 cm³/mol. The summed E-state index contributed by atoms with van der Waals surface area (Å²) in [7, 11) is 1.56. The minimum atomic E-state index is -0.803. The third-order valence-corrected chi connectivity index (χ3v) is 3.57. The van der Waals surface area contributed by atoms with Crippen LogP contribution in [-0.4, -0.2) is 55.3 Å². The highest BCUT2D eigenvalue weighted by molar-refractivity contribution is 4.95. The Morgan fingerprint density at radius 2 is 2.10 bits per heavy atom. The van der Waals surface area contributed by atoms with Crippen molar-refractivity contribution < 1.29 is 24.1 Å². The molecular weight excluding hydrogens is 266 g/mol. The van der Waals surface area contributed by atoms with Gasteiger partial charge in [0.25, 0.3) is 0 Å². The first kappa shape index (κ1) is 15.5. The zero-order valence-electron chi connectivity index (χ0n) is 11.9. The standard InChI is InChI=1S/C12H21N3O5/c1-12(2)19-8(6-16)11(20-12)10-7(14-15-13)4-5-9(17-3)18-10/h7-11,16H,4-6H2,1-3H3/t7-,8+,9-,10-,11-/m1/s1. The van der Waals surface area contributed by atoms with Crippen LogP contribution in [0, 0.1) is 0 Å². The molecule has 2 heterocycles. The normalized spacial score (nSPS) is 40.3. The van der Waals surface area contributed by atoms with Crippen molar-refractivity contribution in [1.82, 2.24) is 0 Å². The Hall–Kier alpha value is -0.890. The number of hydrogen-bond donors (Lipinski definition) is 1. The van der Waals surface area contributed by atoms with E-state index in [1.165, 1.54) is 0 Å². The fraction of sp³-hybridized carbons (Fsp3) is 1.00. The highest BCUT2D eigenvalue weighted by Crippen LogP contribution is 2.36. The summed E-state index contributed by atoms with van der Waals surface area (Å²) in [6.45, 7) is 3.36. The predicted octanol–water partition coefficient (Wildman–Crippen LogP) is 1.33. The van der Waals surface area contributed by atoms with Gasteiger partial charge in [0.05, 0.1) is 18.8 Å². The van der Waals surface area contributed by atoms with Gasteiger partial charge in [-0.2, -0.15) is 0 Å². The first-order chi connectivity index (χ1) is 9.50. The van der Waals surface area contributed by atoms with Gasteiger partial charge in [0, 0.05) is 12.0 Å². The molecule has 8 nitrogen and oxygen atoms in total. The average Bonchev–Trinajstić information content (AvgIpc) is 2.74. The zero-order valence-corrected chi connectivity index (χ0v) is 11.9. The van der Waals surface area contributed by atoms with Gasteiger partial charge in [-0.15, -0.1) is 0 Å². The maximum absolute atomic E-state index is 9.44. The van der Waals surface area contributed by atoms with Gasteiger partial charge in [0.2, 0.25) is 0 Å². The molecule has 2 aliphatic rings. The van der Waals surface area contributed by atoms with E-state index in [2.05, 4.69) is 10.0 Å². The van der Waals surface area contributed by atoms with Gasteiger partial charge < -0.3 is 24.1 Å². The summed E-state index contributed by atoms with van der Waals surface area (Å²) in [6, 6.07) is -0.358. The molecule has 20 heavy (non-hydrogen) atoms. The molecule has 0 aromatic heterocycles. The number of aliphatic hydroxyl groups is 1. The van der Waals surface area contributed by atoms with Crippen LogP contribution in [0.4, 0.5) is 0 Å². The molecule has 0 bridgehead atoms. The Balaban J connectivity index is 2.18. The first-order valence-corrected chi connectivity index (χ1v) is 6.69. The highest BCUT2D eigenvalue weighted by atomic mass is 16.8. The lowest BCUT2D eigenvalue weighted by Crippen LogP contribution is -2.50. The van der Waals surface area contributed by atoms with Crippen LogP contribution in [0.1, 0.15) is 26.7 Å². The summed E-state index contributed by atoms with van der Waals surface area (Å²) in [5.41, 5.74) is 8.68. The summed E-state index contributed by atoms with van der Waals surface area (Å²) < 4.78 is 22.5. The Bertz CT molecular complexity index is 385. The van der Waals surface area contributed by atoms with Crippen molar-refractivity contribution >= 4 is 0 Å². The topological polar surface area (TPSA) is 106 Å². The van der Waals surface area contributed by atoms with E-state index >= 15 is 0 Å². The van der Waals surface area contributed by atoms with E-state index in [1.54, 1.807) is 21.0 Å². The quantitative estimate of drug-likeness (QED) is 0.477. The highest BCUT2D eigenvalue weighted by Gasteiger charge is 2.49. The van der Waals surface area contributed by atoms with Gasteiger partial charge in [-0.1, -0.05) is 5.11 Å². The minimum absolute atomic E-state index is 0.186. The third kappa shape index (κ3) is 3.22. The molecule has 0 unspecified atom stereocenters. The van der Waals surface area contributed by atoms with Crippen LogP contribution in [-0.2, 0) is 18.9 Å². The molecule has 2 aliphatic heterocycles. The van der Waals surface area contributed by atoms with E-state index < -0.39 is 24.1 Å². The number of hydrogen-bond acceptors (Lipinski definition) is 6. The van der Waals surface area contributed by atoms with Crippen LogP contribution >= 0.6 is 0 Å². The monoisotopic (exact) mass is 287 g/mol. The van der Waals surface area contributed by atoms with Gasteiger partial charge >= 0.3 is 0 Å². The second kappa shape index (κ2) is 6.26. The maximum atomic E-state index is 9.44. The van der Waals surface area contributed by atoms with Crippen LogP contribution in [0.3, 0.4) is 0 Å². The number of rotatable bonds is 4.